The van der Waals surface area contributed by atoms with Crippen LogP contribution >= 0.6 is 0 Å². The van der Waals surface area contributed by atoms with Crippen molar-refractivity contribution in [1.82, 2.24) is 24.6 Å². The summed E-state index contributed by atoms with van der Waals surface area (Å²) in [7, 11) is 1.54. The fraction of sp³-hybridized carbons (Fsp3) is 0.500. The molecule has 1 unspecified atom stereocenters. The summed E-state index contributed by atoms with van der Waals surface area (Å²) in [4.78, 5) is 23.1. The molecule has 1 amide bonds. The van der Waals surface area contributed by atoms with Gasteiger partial charge in [-0.25, -0.2) is 4.98 Å². The molecule has 0 spiro atoms. The van der Waals surface area contributed by atoms with E-state index in [-0.39, 0.29) is 18.6 Å². The van der Waals surface area contributed by atoms with Gasteiger partial charge in [0.05, 0.1) is 29.8 Å². The first-order valence-electron chi connectivity index (χ1n) is 7.87. The third-order valence-electron chi connectivity index (χ3n) is 4.11. The minimum Gasteiger partial charge on any atom is -0.375 e. The molecule has 122 valence electrons. The Morgan fingerprint density at radius 2 is 2.30 bits per heavy atom. The van der Waals surface area contributed by atoms with Crippen molar-refractivity contribution in [2.45, 2.75) is 32.4 Å². The smallest absolute Gasteiger partial charge is 0.249 e. The van der Waals surface area contributed by atoms with Crippen LogP contribution in [0.5, 0.6) is 0 Å². The topological polar surface area (TPSA) is 73.1 Å². The molecule has 3 heterocycles. The van der Waals surface area contributed by atoms with Gasteiger partial charge in [0.25, 0.3) is 0 Å². The lowest BCUT2D eigenvalue weighted by molar-refractivity contribution is -0.136. The van der Waals surface area contributed by atoms with E-state index in [9.17, 15) is 4.79 Å². The summed E-state index contributed by atoms with van der Waals surface area (Å²) in [5.74, 6) is 0.000744. The van der Waals surface area contributed by atoms with Crippen molar-refractivity contribution in [2.75, 3.05) is 20.3 Å². The quantitative estimate of drug-likeness (QED) is 0.839. The summed E-state index contributed by atoms with van der Waals surface area (Å²) in [6.07, 6.45) is 7.12. The standard InChI is InChI=1S/C16H21N5O2/c1-3-21-15(6-7-18-21)13-10-17-9-12(19-13)14-5-4-8-20(14)16(22)11-23-2/h6-7,9-10,14H,3-5,8,11H2,1-2H3. The molecule has 0 saturated carbocycles. The molecule has 1 aliphatic heterocycles. The van der Waals surface area contributed by atoms with Crippen LogP contribution in [0, 0.1) is 0 Å². The molecular weight excluding hydrogens is 294 g/mol. The van der Waals surface area contributed by atoms with Crippen LogP contribution in [-0.4, -0.2) is 50.8 Å². The molecule has 0 N–H and O–H groups in total. The Kier molecular flexibility index (Phi) is 4.66. The number of hydrogen-bond donors (Lipinski definition) is 0. The molecule has 2 aromatic rings. The summed E-state index contributed by atoms with van der Waals surface area (Å²) < 4.78 is 6.86. The van der Waals surface area contributed by atoms with E-state index in [4.69, 9.17) is 9.72 Å². The van der Waals surface area contributed by atoms with Gasteiger partial charge in [0, 0.05) is 26.4 Å². The van der Waals surface area contributed by atoms with Crippen molar-refractivity contribution in [3.63, 3.8) is 0 Å². The Morgan fingerprint density at radius 1 is 1.43 bits per heavy atom. The highest BCUT2D eigenvalue weighted by atomic mass is 16.5. The fourth-order valence-corrected chi connectivity index (χ4v) is 3.05. The zero-order valence-electron chi connectivity index (χ0n) is 13.5. The van der Waals surface area contributed by atoms with Gasteiger partial charge in [0.2, 0.25) is 5.91 Å². The number of aryl methyl sites for hydroxylation is 1. The van der Waals surface area contributed by atoms with Gasteiger partial charge in [-0.3, -0.25) is 14.5 Å². The number of ether oxygens (including phenoxy) is 1. The average molecular weight is 315 g/mol. The number of nitrogens with zero attached hydrogens (tertiary/aromatic N) is 5. The normalized spacial score (nSPS) is 17.7. The first-order valence-corrected chi connectivity index (χ1v) is 7.87. The van der Waals surface area contributed by atoms with E-state index in [1.807, 2.05) is 22.6 Å². The number of rotatable bonds is 5. The molecule has 1 atom stereocenters. The van der Waals surface area contributed by atoms with Gasteiger partial charge in [0.15, 0.2) is 0 Å². The predicted octanol–water partition coefficient (Wildman–Crippen LogP) is 1.67. The van der Waals surface area contributed by atoms with E-state index in [1.54, 1.807) is 18.6 Å². The Balaban J connectivity index is 1.89. The molecule has 1 aliphatic rings. The van der Waals surface area contributed by atoms with Crippen molar-refractivity contribution < 1.29 is 9.53 Å². The third-order valence-corrected chi connectivity index (χ3v) is 4.11. The van der Waals surface area contributed by atoms with Crippen molar-refractivity contribution in [1.29, 1.82) is 0 Å². The number of methoxy groups -OCH3 is 1. The van der Waals surface area contributed by atoms with Gasteiger partial charge in [-0.1, -0.05) is 0 Å². The van der Waals surface area contributed by atoms with E-state index in [0.717, 1.165) is 43.0 Å². The highest BCUT2D eigenvalue weighted by Crippen LogP contribution is 2.31. The summed E-state index contributed by atoms with van der Waals surface area (Å²) in [5, 5.41) is 4.27. The molecule has 3 rings (SSSR count). The van der Waals surface area contributed by atoms with Crippen LogP contribution in [0.1, 0.15) is 31.5 Å². The number of carbonyl (C=O) groups is 1. The minimum atomic E-state index is -0.0249. The Hall–Kier alpha value is -2.28. The molecule has 1 saturated heterocycles. The monoisotopic (exact) mass is 315 g/mol. The maximum atomic E-state index is 12.2. The summed E-state index contributed by atoms with van der Waals surface area (Å²) in [5.41, 5.74) is 2.55. The van der Waals surface area contributed by atoms with E-state index >= 15 is 0 Å². The molecule has 0 bridgehead atoms. The van der Waals surface area contributed by atoms with Crippen molar-refractivity contribution in [3.8, 4) is 11.4 Å². The number of hydrogen-bond acceptors (Lipinski definition) is 5. The first kappa shape index (κ1) is 15.6. The van der Waals surface area contributed by atoms with Crippen LogP contribution in [0.25, 0.3) is 11.4 Å². The van der Waals surface area contributed by atoms with E-state index in [0.29, 0.717) is 0 Å². The molecule has 23 heavy (non-hydrogen) atoms. The Bertz CT molecular complexity index is 685. The maximum Gasteiger partial charge on any atom is 0.249 e. The molecule has 1 fully saturated rings. The fourth-order valence-electron chi connectivity index (χ4n) is 3.05. The maximum absolute atomic E-state index is 12.2. The van der Waals surface area contributed by atoms with Crippen LogP contribution in [0.3, 0.4) is 0 Å². The molecule has 0 radical (unpaired) electrons. The van der Waals surface area contributed by atoms with Crippen molar-refractivity contribution >= 4 is 5.91 Å². The van der Waals surface area contributed by atoms with Crippen molar-refractivity contribution in [2.24, 2.45) is 0 Å². The second-order valence-corrected chi connectivity index (χ2v) is 5.54. The van der Waals surface area contributed by atoms with Gasteiger partial charge in [-0.2, -0.15) is 5.10 Å². The van der Waals surface area contributed by atoms with Gasteiger partial charge in [-0.05, 0) is 25.8 Å². The van der Waals surface area contributed by atoms with E-state index in [1.165, 1.54) is 7.11 Å². The lowest BCUT2D eigenvalue weighted by Crippen LogP contribution is -2.33. The summed E-state index contributed by atoms with van der Waals surface area (Å²) >= 11 is 0. The lowest BCUT2D eigenvalue weighted by atomic mass is 10.1. The van der Waals surface area contributed by atoms with Crippen LogP contribution in [-0.2, 0) is 16.1 Å². The molecule has 2 aromatic heterocycles. The highest BCUT2D eigenvalue weighted by molar-refractivity contribution is 5.78. The van der Waals surface area contributed by atoms with Crippen LogP contribution in [0.2, 0.25) is 0 Å². The first-order chi connectivity index (χ1) is 11.2. The van der Waals surface area contributed by atoms with Crippen LogP contribution in [0.4, 0.5) is 0 Å². The lowest BCUT2D eigenvalue weighted by Gasteiger charge is -2.24. The summed E-state index contributed by atoms with van der Waals surface area (Å²) in [6, 6.07) is 1.91. The third kappa shape index (κ3) is 3.10. The van der Waals surface area contributed by atoms with Gasteiger partial charge < -0.3 is 9.64 Å². The zero-order chi connectivity index (χ0) is 16.2. The highest BCUT2D eigenvalue weighted by Gasteiger charge is 2.31. The summed E-state index contributed by atoms with van der Waals surface area (Å²) in [6.45, 7) is 3.66. The minimum absolute atomic E-state index is 0.000744. The van der Waals surface area contributed by atoms with Crippen LogP contribution < -0.4 is 0 Å². The van der Waals surface area contributed by atoms with E-state index < -0.39 is 0 Å². The van der Waals surface area contributed by atoms with Crippen molar-refractivity contribution in [3.05, 3.63) is 30.4 Å². The Morgan fingerprint density at radius 3 is 3.09 bits per heavy atom. The number of likely N-dealkylation sites (tertiary alicyclic amines) is 1. The SMILES string of the molecule is CCn1nccc1-c1cncc(C2CCCN2C(=O)COC)n1. The van der Waals surface area contributed by atoms with Gasteiger partial charge >= 0.3 is 0 Å². The molecule has 7 heteroatoms. The molecule has 7 nitrogen and oxygen atoms in total. The predicted molar refractivity (Wildman–Crippen MR) is 84.5 cm³/mol. The number of amides is 1. The largest absolute Gasteiger partial charge is 0.375 e. The average Bonchev–Trinajstić information content (AvgIpc) is 3.24. The number of aromatic nitrogens is 4. The zero-order valence-corrected chi connectivity index (χ0v) is 13.5. The molecule has 0 aromatic carbocycles. The van der Waals surface area contributed by atoms with Gasteiger partial charge in [-0.15, -0.1) is 0 Å². The molecular formula is C16H21N5O2. The molecule has 0 aliphatic carbocycles. The van der Waals surface area contributed by atoms with Gasteiger partial charge in [0.1, 0.15) is 12.3 Å². The van der Waals surface area contributed by atoms with E-state index in [2.05, 4.69) is 10.1 Å². The van der Waals surface area contributed by atoms with Crippen LogP contribution in [0.15, 0.2) is 24.7 Å². The Labute approximate surface area is 135 Å². The second kappa shape index (κ2) is 6.87. The number of carbonyl (C=O) groups excluding carboxylic acids is 1. The second-order valence-electron chi connectivity index (χ2n) is 5.54.